The SMILES string of the molecule is COC(=O)C(C)(N)CCCCOc1cccc(N(C)C)c1. The van der Waals surface area contributed by atoms with Gasteiger partial charge in [-0.1, -0.05) is 6.07 Å². The Morgan fingerprint density at radius 1 is 1.33 bits per heavy atom. The first-order valence-corrected chi connectivity index (χ1v) is 7.14. The average Bonchev–Trinajstić information content (AvgIpc) is 2.46. The van der Waals surface area contributed by atoms with Gasteiger partial charge >= 0.3 is 5.97 Å². The van der Waals surface area contributed by atoms with Gasteiger partial charge in [-0.3, -0.25) is 4.79 Å². The van der Waals surface area contributed by atoms with E-state index in [1.54, 1.807) is 6.92 Å². The summed E-state index contributed by atoms with van der Waals surface area (Å²) < 4.78 is 10.4. The van der Waals surface area contributed by atoms with Crippen molar-refractivity contribution >= 4 is 11.7 Å². The first kappa shape index (κ1) is 17.3. The molecule has 1 unspecified atom stereocenters. The molecule has 0 saturated carbocycles. The van der Waals surface area contributed by atoms with E-state index in [-0.39, 0.29) is 5.97 Å². The highest BCUT2D eigenvalue weighted by Crippen LogP contribution is 2.20. The van der Waals surface area contributed by atoms with Crippen molar-refractivity contribution in [2.24, 2.45) is 5.73 Å². The molecule has 0 saturated heterocycles. The fourth-order valence-corrected chi connectivity index (χ4v) is 1.97. The van der Waals surface area contributed by atoms with E-state index >= 15 is 0 Å². The van der Waals surface area contributed by atoms with Gasteiger partial charge in [0, 0.05) is 25.8 Å². The second-order valence-corrected chi connectivity index (χ2v) is 5.61. The van der Waals surface area contributed by atoms with Gasteiger partial charge in [0.25, 0.3) is 0 Å². The van der Waals surface area contributed by atoms with Gasteiger partial charge in [-0.15, -0.1) is 0 Å². The van der Waals surface area contributed by atoms with E-state index in [0.29, 0.717) is 13.0 Å². The molecule has 0 radical (unpaired) electrons. The Morgan fingerprint density at radius 2 is 2.05 bits per heavy atom. The molecular weight excluding hydrogens is 268 g/mol. The van der Waals surface area contributed by atoms with Gasteiger partial charge in [-0.05, 0) is 38.3 Å². The summed E-state index contributed by atoms with van der Waals surface area (Å²) in [5, 5.41) is 0. The van der Waals surface area contributed by atoms with Crippen molar-refractivity contribution in [1.29, 1.82) is 0 Å². The highest BCUT2D eigenvalue weighted by Gasteiger charge is 2.28. The summed E-state index contributed by atoms with van der Waals surface area (Å²) in [4.78, 5) is 13.5. The van der Waals surface area contributed by atoms with Crippen molar-refractivity contribution in [2.45, 2.75) is 31.7 Å². The van der Waals surface area contributed by atoms with Crippen LogP contribution in [-0.2, 0) is 9.53 Å². The third kappa shape index (κ3) is 5.63. The lowest BCUT2D eigenvalue weighted by Crippen LogP contribution is -2.45. The minimum atomic E-state index is -0.917. The topological polar surface area (TPSA) is 64.8 Å². The number of nitrogens with zero attached hydrogens (tertiary/aromatic N) is 1. The quantitative estimate of drug-likeness (QED) is 0.588. The van der Waals surface area contributed by atoms with Crippen LogP contribution in [0.25, 0.3) is 0 Å². The lowest BCUT2D eigenvalue weighted by Gasteiger charge is -2.21. The molecule has 0 aromatic heterocycles. The number of hydrogen-bond donors (Lipinski definition) is 1. The second-order valence-electron chi connectivity index (χ2n) is 5.61. The van der Waals surface area contributed by atoms with Crippen LogP contribution in [0.1, 0.15) is 26.2 Å². The average molecular weight is 294 g/mol. The Bertz CT molecular complexity index is 459. The van der Waals surface area contributed by atoms with Gasteiger partial charge in [0.1, 0.15) is 11.3 Å². The molecule has 1 aromatic rings. The van der Waals surface area contributed by atoms with Crippen LogP contribution >= 0.6 is 0 Å². The first-order valence-electron chi connectivity index (χ1n) is 7.14. The largest absolute Gasteiger partial charge is 0.494 e. The smallest absolute Gasteiger partial charge is 0.325 e. The molecule has 0 spiro atoms. The number of methoxy groups -OCH3 is 1. The summed E-state index contributed by atoms with van der Waals surface area (Å²) in [6.07, 6.45) is 2.24. The third-order valence-corrected chi connectivity index (χ3v) is 3.34. The minimum Gasteiger partial charge on any atom is -0.494 e. The maximum Gasteiger partial charge on any atom is 0.325 e. The molecule has 0 bridgehead atoms. The van der Waals surface area contributed by atoms with Crippen LogP contribution in [0.5, 0.6) is 5.75 Å². The predicted molar refractivity (Wildman–Crippen MR) is 84.7 cm³/mol. The zero-order chi connectivity index (χ0) is 15.9. The van der Waals surface area contributed by atoms with E-state index in [4.69, 9.17) is 10.5 Å². The van der Waals surface area contributed by atoms with Crippen molar-refractivity contribution < 1.29 is 14.3 Å². The normalized spacial score (nSPS) is 13.4. The summed E-state index contributed by atoms with van der Waals surface area (Å²) in [5.74, 6) is 0.479. The molecule has 1 rings (SSSR count). The summed E-state index contributed by atoms with van der Waals surface area (Å²) in [6, 6.07) is 7.94. The number of carbonyl (C=O) groups is 1. The number of carbonyl (C=O) groups excluding carboxylic acids is 1. The molecule has 1 atom stereocenters. The van der Waals surface area contributed by atoms with E-state index in [1.807, 2.05) is 43.3 Å². The van der Waals surface area contributed by atoms with Crippen LogP contribution < -0.4 is 15.4 Å². The van der Waals surface area contributed by atoms with Gasteiger partial charge in [-0.2, -0.15) is 0 Å². The Hall–Kier alpha value is -1.75. The van der Waals surface area contributed by atoms with Crippen LogP contribution in [0.3, 0.4) is 0 Å². The molecular formula is C16H26N2O3. The standard InChI is InChI=1S/C16H26N2O3/c1-16(17,15(19)20-4)10-5-6-11-21-14-9-7-8-13(12-14)18(2)3/h7-9,12H,5-6,10-11,17H2,1-4H3. The van der Waals surface area contributed by atoms with E-state index in [1.165, 1.54) is 7.11 Å². The number of nitrogens with two attached hydrogens (primary N) is 1. The maximum absolute atomic E-state index is 11.4. The van der Waals surface area contributed by atoms with Crippen LogP contribution in [0.4, 0.5) is 5.69 Å². The molecule has 0 heterocycles. The maximum atomic E-state index is 11.4. The number of hydrogen-bond acceptors (Lipinski definition) is 5. The molecule has 118 valence electrons. The van der Waals surface area contributed by atoms with Crippen LogP contribution in [0, 0.1) is 0 Å². The third-order valence-electron chi connectivity index (χ3n) is 3.34. The lowest BCUT2D eigenvalue weighted by molar-refractivity contribution is -0.146. The van der Waals surface area contributed by atoms with Gasteiger partial charge in [0.15, 0.2) is 0 Å². The van der Waals surface area contributed by atoms with Crippen molar-refractivity contribution in [3.8, 4) is 5.75 Å². The van der Waals surface area contributed by atoms with Crippen LogP contribution in [-0.4, -0.2) is 39.3 Å². The van der Waals surface area contributed by atoms with Crippen LogP contribution in [0.15, 0.2) is 24.3 Å². The summed E-state index contributed by atoms with van der Waals surface area (Å²) in [7, 11) is 5.34. The number of ether oxygens (including phenoxy) is 2. The van der Waals surface area contributed by atoms with Crippen LogP contribution in [0.2, 0.25) is 0 Å². The van der Waals surface area contributed by atoms with Gasteiger partial charge in [-0.25, -0.2) is 0 Å². The van der Waals surface area contributed by atoms with Crippen molar-refractivity contribution in [3.63, 3.8) is 0 Å². The molecule has 0 aliphatic carbocycles. The Labute approximate surface area is 127 Å². The first-order chi connectivity index (χ1) is 9.86. The molecule has 5 nitrogen and oxygen atoms in total. The summed E-state index contributed by atoms with van der Waals surface area (Å²) in [5.41, 5.74) is 6.08. The van der Waals surface area contributed by atoms with Crippen molar-refractivity contribution in [2.75, 3.05) is 32.7 Å². The van der Waals surface area contributed by atoms with E-state index < -0.39 is 5.54 Å². The van der Waals surface area contributed by atoms with Crippen molar-refractivity contribution in [3.05, 3.63) is 24.3 Å². The zero-order valence-corrected chi connectivity index (χ0v) is 13.4. The molecule has 0 aliphatic heterocycles. The lowest BCUT2D eigenvalue weighted by atomic mass is 9.96. The van der Waals surface area contributed by atoms with Gasteiger partial charge in [0.2, 0.25) is 0 Å². The summed E-state index contributed by atoms with van der Waals surface area (Å²) >= 11 is 0. The fraction of sp³-hybridized carbons (Fsp3) is 0.562. The highest BCUT2D eigenvalue weighted by molar-refractivity contribution is 5.79. The number of anilines is 1. The van der Waals surface area contributed by atoms with E-state index in [0.717, 1.165) is 24.3 Å². The van der Waals surface area contributed by atoms with Gasteiger partial charge < -0.3 is 20.1 Å². The molecule has 5 heteroatoms. The summed E-state index contributed by atoms with van der Waals surface area (Å²) in [6.45, 7) is 2.30. The number of esters is 1. The van der Waals surface area contributed by atoms with Gasteiger partial charge in [0.05, 0.1) is 13.7 Å². The Balaban J connectivity index is 2.32. The second kappa shape index (κ2) is 7.88. The Kier molecular flexibility index (Phi) is 6.49. The fourth-order valence-electron chi connectivity index (χ4n) is 1.97. The van der Waals surface area contributed by atoms with E-state index in [2.05, 4.69) is 4.74 Å². The van der Waals surface area contributed by atoms with E-state index in [9.17, 15) is 4.79 Å². The molecule has 21 heavy (non-hydrogen) atoms. The number of unbranched alkanes of at least 4 members (excludes halogenated alkanes) is 1. The molecule has 0 amide bonds. The zero-order valence-electron chi connectivity index (χ0n) is 13.4. The highest BCUT2D eigenvalue weighted by atomic mass is 16.5. The predicted octanol–water partition coefficient (Wildman–Crippen LogP) is 2.19. The number of benzene rings is 1. The molecule has 0 aliphatic rings. The molecule has 0 fully saturated rings. The molecule has 1 aromatic carbocycles. The monoisotopic (exact) mass is 294 g/mol. The number of rotatable bonds is 8. The van der Waals surface area contributed by atoms with Crippen molar-refractivity contribution in [1.82, 2.24) is 0 Å². The Morgan fingerprint density at radius 3 is 2.67 bits per heavy atom. The minimum absolute atomic E-state index is 0.373. The molecule has 2 N–H and O–H groups in total.